The highest BCUT2D eigenvalue weighted by molar-refractivity contribution is 6.76. The lowest BCUT2D eigenvalue weighted by Crippen LogP contribution is -2.50. The molecule has 8 nitrogen and oxygen atoms in total. The Bertz CT molecular complexity index is 1010. The molecule has 0 heterocycles. The minimum atomic E-state index is -1.41. The maximum Gasteiger partial charge on any atom is 0.310 e. The summed E-state index contributed by atoms with van der Waals surface area (Å²) in [5.74, 6) is -3.69. The second kappa shape index (κ2) is 12.2. The van der Waals surface area contributed by atoms with E-state index >= 15 is 0 Å². The standard InChI is InChI=1S/C28H41NO7Si/c1-7-12-34-28(33)26-24-20-15-18(36-17-23(31)29(8-2)9-3)10-11-19(20)21(16-22(24)30)25(26)27(32)35-13-14-37(4,5)6/h10-11,15,21,24-26H,7-9,12-14,16-17H2,1-6H3/t21?,24-,25-,26-/m1/s1. The number of nitrogens with zero attached hydrogens (tertiary/aromatic N) is 1. The van der Waals surface area contributed by atoms with Crippen LogP contribution in [0.4, 0.5) is 0 Å². The zero-order chi connectivity index (χ0) is 27.3. The minimum absolute atomic E-state index is 0.0848. The third kappa shape index (κ3) is 6.61. The van der Waals surface area contributed by atoms with Crippen LogP contribution in [0.25, 0.3) is 0 Å². The van der Waals surface area contributed by atoms with Gasteiger partial charge in [-0.25, -0.2) is 0 Å². The molecule has 1 unspecified atom stereocenters. The molecule has 0 spiro atoms. The number of amides is 1. The number of esters is 2. The van der Waals surface area contributed by atoms with Gasteiger partial charge in [-0.2, -0.15) is 0 Å². The number of ketones is 1. The average molecular weight is 532 g/mol. The summed E-state index contributed by atoms with van der Waals surface area (Å²) >= 11 is 0. The van der Waals surface area contributed by atoms with Gasteiger partial charge in [0.1, 0.15) is 11.5 Å². The van der Waals surface area contributed by atoms with Crippen molar-refractivity contribution in [3.8, 4) is 5.75 Å². The van der Waals surface area contributed by atoms with Gasteiger partial charge in [0.05, 0.1) is 31.0 Å². The quantitative estimate of drug-likeness (QED) is 0.295. The number of Topliss-reactive ketones (excluding diaryl/α,β-unsaturated/α-hetero) is 1. The predicted octanol–water partition coefficient (Wildman–Crippen LogP) is 4.15. The minimum Gasteiger partial charge on any atom is -0.484 e. The first kappa shape index (κ1) is 28.9. The van der Waals surface area contributed by atoms with Crippen molar-refractivity contribution in [1.29, 1.82) is 0 Å². The van der Waals surface area contributed by atoms with Gasteiger partial charge in [0.25, 0.3) is 5.91 Å². The maximum absolute atomic E-state index is 13.4. The third-order valence-electron chi connectivity index (χ3n) is 7.31. The van der Waals surface area contributed by atoms with Gasteiger partial charge >= 0.3 is 11.9 Å². The molecule has 1 saturated carbocycles. The molecule has 1 aromatic rings. The number of likely N-dealkylation sites (N-methyl/N-ethyl adjacent to an activating group) is 1. The maximum atomic E-state index is 13.4. The third-order valence-corrected chi connectivity index (χ3v) is 9.01. The monoisotopic (exact) mass is 531 g/mol. The SMILES string of the molecule is CCCOC(=O)[C@H]1[C@H](C(=O)OCC[Si](C)(C)C)C2CC(=O)[C@H]1c1cc(OCC(=O)N(CC)CC)ccc12. The average Bonchev–Trinajstić information content (AvgIpc) is 2.85. The van der Waals surface area contributed by atoms with E-state index in [2.05, 4.69) is 19.6 Å². The first-order valence-electron chi connectivity index (χ1n) is 13.4. The van der Waals surface area contributed by atoms with Crippen LogP contribution in [0.15, 0.2) is 18.2 Å². The van der Waals surface area contributed by atoms with Crippen molar-refractivity contribution in [2.75, 3.05) is 32.9 Å². The molecule has 0 aromatic heterocycles. The van der Waals surface area contributed by atoms with E-state index in [-0.39, 0.29) is 31.3 Å². The number of benzene rings is 1. The Morgan fingerprint density at radius 2 is 1.59 bits per heavy atom. The zero-order valence-corrected chi connectivity index (χ0v) is 24.0. The molecule has 0 N–H and O–H groups in total. The number of hydrogen-bond donors (Lipinski definition) is 0. The highest BCUT2D eigenvalue weighted by Gasteiger charge is 2.57. The second-order valence-corrected chi connectivity index (χ2v) is 16.7. The summed E-state index contributed by atoms with van der Waals surface area (Å²) in [6.45, 7) is 13.9. The fourth-order valence-electron chi connectivity index (χ4n) is 5.31. The molecule has 0 radical (unpaired) electrons. The Hall–Kier alpha value is -2.68. The fraction of sp³-hybridized carbons (Fsp3) is 0.643. The van der Waals surface area contributed by atoms with Crippen molar-refractivity contribution in [2.45, 2.75) is 71.1 Å². The molecular formula is C28H41NO7Si. The van der Waals surface area contributed by atoms with Crippen LogP contribution >= 0.6 is 0 Å². The summed E-state index contributed by atoms with van der Waals surface area (Å²) < 4.78 is 16.9. The Morgan fingerprint density at radius 1 is 0.946 bits per heavy atom. The van der Waals surface area contributed by atoms with Gasteiger partial charge < -0.3 is 19.1 Å². The number of rotatable bonds is 12. The summed E-state index contributed by atoms with van der Waals surface area (Å²) in [4.78, 5) is 53.9. The summed E-state index contributed by atoms with van der Waals surface area (Å²) in [5, 5.41) is 0. The second-order valence-electron chi connectivity index (χ2n) is 11.1. The van der Waals surface area contributed by atoms with Crippen LogP contribution in [0.2, 0.25) is 25.7 Å². The Kier molecular flexibility index (Phi) is 9.55. The van der Waals surface area contributed by atoms with E-state index in [0.29, 0.717) is 37.4 Å². The first-order chi connectivity index (χ1) is 17.5. The topological polar surface area (TPSA) is 99.2 Å². The number of carbonyl (C=O) groups excluding carboxylic acids is 4. The molecule has 37 heavy (non-hydrogen) atoms. The summed E-state index contributed by atoms with van der Waals surface area (Å²) in [7, 11) is -1.41. The Balaban J connectivity index is 1.90. The van der Waals surface area contributed by atoms with Gasteiger partial charge in [0, 0.05) is 33.5 Å². The van der Waals surface area contributed by atoms with Crippen LogP contribution in [0, 0.1) is 11.8 Å². The van der Waals surface area contributed by atoms with Gasteiger partial charge in [-0.05, 0) is 49.6 Å². The van der Waals surface area contributed by atoms with Crippen LogP contribution in [-0.4, -0.2) is 69.5 Å². The largest absolute Gasteiger partial charge is 0.484 e. The first-order valence-corrected chi connectivity index (χ1v) is 17.1. The summed E-state index contributed by atoms with van der Waals surface area (Å²) in [6.07, 6.45) is 0.824. The van der Waals surface area contributed by atoms with Crippen molar-refractivity contribution in [2.24, 2.45) is 11.8 Å². The van der Waals surface area contributed by atoms with Gasteiger partial charge in [-0.3, -0.25) is 19.2 Å². The van der Waals surface area contributed by atoms with E-state index in [0.717, 1.165) is 11.6 Å². The van der Waals surface area contributed by atoms with Crippen molar-refractivity contribution in [3.63, 3.8) is 0 Å². The lowest BCUT2D eigenvalue weighted by atomic mass is 9.55. The molecule has 3 aliphatic rings. The van der Waals surface area contributed by atoms with E-state index in [1.807, 2.05) is 26.8 Å². The van der Waals surface area contributed by atoms with E-state index < -0.39 is 43.7 Å². The molecule has 1 aromatic carbocycles. The van der Waals surface area contributed by atoms with Gasteiger partial charge in [0.15, 0.2) is 6.61 Å². The van der Waals surface area contributed by atoms with Crippen molar-refractivity contribution >= 4 is 31.7 Å². The zero-order valence-electron chi connectivity index (χ0n) is 23.0. The molecule has 204 valence electrons. The lowest BCUT2D eigenvalue weighted by molar-refractivity contribution is -0.167. The fourth-order valence-corrected chi connectivity index (χ4v) is 6.02. The van der Waals surface area contributed by atoms with E-state index in [9.17, 15) is 19.2 Å². The van der Waals surface area contributed by atoms with Gasteiger partial charge in [-0.1, -0.05) is 32.6 Å². The molecule has 3 aliphatic carbocycles. The number of hydrogen-bond acceptors (Lipinski definition) is 7. The molecule has 4 rings (SSSR count). The predicted molar refractivity (Wildman–Crippen MR) is 142 cm³/mol. The van der Waals surface area contributed by atoms with E-state index in [4.69, 9.17) is 14.2 Å². The van der Waals surface area contributed by atoms with Gasteiger partial charge in [-0.15, -0.1) is 0 Å². The molecule has 0 aliphatic heterocycles. The van der Waals surface area contributed by atoms with Crippen LogP contribution in [0.1, 0.15) is 56.6 Å². The molecule has 2 bridgehead atoms. The molecule has 0 saturated heterocycles. The molecule has 4 atom stereocenters. The van der Waals surface area contributed by atoms with E-state index in [1.54, 1.807) is 17.0 Å². The lowest BCUT2D eigenvalue weighted by Gasteiger charge is -2.46. The molecule has 1 amide bonds. The van der Waals surface area contributed by atoms with E-state index in [1.165, 1.54) is 0 Å². The summed E-state index contributed by atoms with van der Waals surface area (Å²) in [5.41, 5.74) is 1.54. The smallest absolute Gasteiger partial charge is 0.310 e. The van der Waals surface area contributed by atoms with Crippen molar-refractivity contribution < 1.29 is 33.4 Å². The van der Waals surface area contributed by atoms with Crippen LogP contribution in [0.3, 0.4) is 0 Å². The Morgan fingerprint density at radius 3 is 2.22 bits per heavy atom. The van der Waals surface area contributed by atoms with Crippen LogP contribution < -0.4 is 4.74 Å². The number of fused-ring (bicyclic) bond motifs is 2. The van der Waals surface area contributed by atoms with Crippen LogP contribution in [-0.2, 0) is 28.7 Å². The number of ether oxygens (including phenoxy) is 3. The normalized spacial score (nSPS) is 22.3. The van der Waals surface area contributed by atoms with Crippen molar-refractivity contribution in [1.82, 2.24) is 4.90 Å². The molecule has 9 heteroatoms. The highest BCUT2D eigenvalue weighted by atomic mass is 28.3. The molecular weight excluding hydrogens is 490 g/mol. The number of carbonyl (C=O) groups is 4. The summed E-state index contributed by atoms with van der Waals surface area (Å²) in [6, 6.07) is 6.18. The van der Waals surface area contributed by atoms with Gasteiger partial charge in [0.2, 0.25) is 0 Å². The van der Waals surface area contributed by atoms with Crippen molar-refractivity contribution in [3.05, 3.63) is 29.3 Å². The highest BCUT2D eigenvalue weighted by Crippen LogP contribution is 2.55. The Labute approximate surface area is 221 Å². The van der Waals surface area contributed by atoms with Crippen LogP contribution in [0.5, 0.6) is 5.75 Å². The molecule has 1 fully saturated rings.